The summed E-state index contributed by atoms with van der Waals surface area (Å²) in [5.41, 5.74) is 2.64. The van der Waals surface area contributed by atoms with E-state index in [0.717, 1.165) is 24.6 Å². The molecule has 1 aromatic rings. The fraction of sp³-hybridized carbons (Fsp3) is 0.647. The Kier molecular flexibility index (Phi) is 4.62. The van der Waals surface area contributed by atoms with E-state index in [0.29, 0.717) is 0 Å². The van der Waals surface area contributed by atoms with E-state index in [1.54, 1.807) is 12.1 Å². The van der Waals surface area contributed by atoms with E-state index in [-0.39, 0.29) is 11.2 Å². The molecule has 1 saturated carbocycles. The van der Waals surface area contributed by atoms with Gasteiger partial charge in [-0.3, -0.25) is 0 Å². The van der Waals surface area contributed by atoms with Crippen LogP contribution >= 0.6 is 0 Å². The SMILES string of the molecule is CCCC(C)(CNC1CC1)Cc1ccc(F)cc1C. The maximum absolute atomic E-state index is 13.2. The maximum Gasteiger partial charge on any atom is 0.123 e. The normalized spacial score (nSPS) is 18.3. The lowest BCUT2D eigenvalue weighted by Gasteiger charge is -2.30. The second-order valence-electron chi connectivity index (χ2n) is 6.46. The van der Waals surface area contributed by atoms with Crippen molar-refractivity contribution in [2.75, 3.05) is 6.54 Å². The van der Waals surface area contributed by atoms with Gasteiger partial charge < -0.3 is 5.32 Å². The quantitative estimate of drug-likeness (QED) is 0.776. The minimum atomic E-state index is -0.130. The molecule has 0 radical (unpaired) electrons. The van der Waals surface area contributed by atoms with Gasteiger partial charge in [0, 0.05) is 12.6 Å². The second-order valence-corrected chi connectivity index (χ2v) is 6.46. The first-order valence-electron chi connectivity index (χ1n) is 7.51. The zero-order chi connectivity index (χ0) is 13.9. The summed E-state index contributed by atoms with van der Waals surface area (Å²) < 4.78 is 13.2. The Balaban J connectivity index is 2.04. The summed E-state index contributed by atoms with van der Waals surface area (Å²) in [5, 5.41) is 3.66. The molecule has 1 aliphatic carbocycles. The number of benzene rings is 1. The Bertz CT molecular complexity index is 425. The van der Waals surface area contributed by atoms with E-state index in [1.807, 2.05) is 13.0 Å². The molecule has 0 bridgehead atoms. The van der Waals surface area contributed by atoms with Crippen LogP contribution in [-0.2, 0) is 6.42 Å². The van der Waals surface area contributed by atoms with Crippen LogP contribution in [-0.4, -0.2) is 12.6 Å². The van der Waals surface area contributed by atoms with Crippen LogP contribution in [0, 0.1) is 18.2 Å². The van der Waals surface area contributed by atoms with Gasteiger partial charge in [-0.25, -0.2) is 4.39 Å². The molecule has 1 N–H and O–H groups in total. The summed E-state index contributed by atoms with van der Waals surface area (Å²) in [7, 11) is 0. The lowest BCUT2D eigenvalue weighted by Crippen LogP contribution is -2.35. The fourth-order valence-corrected chi connectivity index (χ4v) is 2.84. The van der Waals surface area contributed by atoms with E-state index in [9.17, 15) is 4.39 Å². The first-order chi connectivity index (χ1) is 9.02. The predicted octanol–water partition coefficient (Wildman–Crippen LogP) is 4.24. The van der Waals surface area contributed by atoms with Crippen LogP contribution in [0.3, 0.4) is 0 Å². The summed E-state index contributed by atoms with van der Waals surface area (Å²) in [5.74, 6) is -0.130. The molecule has 106 valence electrons. The summed E-state index contributed by atoms with van der Waals surface area (Å²) >= 11 is 0. The van der Waals surface area contributed by atoms with Gasteiger partial charge in [-0.1, -0.05) is 26.3 Å². The highest BCUT2D eigenvalue weighted by molar-refractivity contribution is 5.27. The zero-order valence-corrected chi connectivity index (χ0v) is 12.4. The van der Waals surface area contributed by atoms with Gasteiger partial charge in [-0.05, 0) is 61.3 Å². The molecule has 1 aromatic carbocycles. The number of hydrogen-bond acceptors (Lipinski definition) is 1. The molecule has 0 aliphatic heterocycles. The fourth-order valence-electron chi connectivity index (χ4n) is 2.84. The Hall–Kier alpha value is -0.890. The van der Waals surface area contributed by atoms with Crippen LogP contribution in [0.5, 0.6) is 0 Å². The molecular formula is C17H26FN. The van der Waals surface area contributed by atoms with Crippen molar-refractivity contribution in [3.63, 3.8) is 0 Å². The average Bonchev–Trinajstić information content (AvgIpc) is 3.15. The van der Waals surface area contributed by atoms with Crippen LogP contribution in [0.1, 0.15) is 50.7 Å². The van der Waals surface area contributed by atoms with Gasteiger partial charge in [0.2, 0.25) is 0 Å². The molecule has 1 unspecified atom stereocenters. The highest BCUT2D eigenvalue weighted by atomic mass is 19.1. The van der Waals surface area contributed by atoms with Gasteiger partial charge in [0.15, 0.2) is 0 Å². The molecule has 0 heterocycles. The summed E-state index contributed by atoms with van der Waals surface area (Å²) in [4.78, 5) is 0. The summed E-state index contributed by atoms with van der Waals surface area (Å²) in [6.45, 7) is 7.68. The number of hydrogen-bond donors (Lipinski definition) is 1. The molecule has 1 atom stereocenters. The van der Waals surface area contributed by atoms with E-state index >= 15 is 0 Å². The summed E-state index contributed by atoms with van der Waals surface area (Å²) in [6, 6.07) is 5.94. The lowest BCUT2D eigenvalue weighted by atomic mass is 9.78. The zero-order valence-electron chi connectivity index (χ0n) is 12.4. The minimum Gasteiger partial charge on any atom is -0.313 e. The number of rotatable bonds is 7. The molecule has 1 fully saturated rings. The lowest BCUT2D eigenvalue weighted by molar-refractivity contribution is 0.273. The molecule has 2 rings (SSSR count). The molecular weight excluding hydrogens is 237 g/mol. The van der Waals surface area contributed by atoms with Gasteiger partial charge in [-0.15, -0.1) is 0 Å². The summed E-state index contributed by atoms with van der Waals surface area (Å²) in [6.07, 6.45) is 6.11. The van der Waals surface area contributed by atoms with Crippen molar-refractivity contribution in [1.29, 1.82) is 0 Å². The monoisotopic (exact) mass is 263 g/mol. The van der Waals surface area contributed by atoms with Crippen molar-refractivity contribution in [3.8, 4) is 0 Å². The first-order valence-corrected chi connectivity index (χ1v) is 7.51. The Labute approximate surface area is 116 Å². The van der Waals surface area contributed by atoms with Gasteiger partial charge >= 0.3 is 0 Å². The molecule has 0 spiro atoms. The van der Waals surface area contributed by atoms with Crippen molar-refractivity contribution >= 4 is 0 Å². The average molecular weight is 263 g/mol. The highest BCUT2D eigenvalue weighted by Gasteiger charge is 2.28. The molecule has 1 aliphatic rings. The third kappa shape index (κ3) is 4.31. The molecule has 1 nitrogen and oxygen atoms in total. The van der Waals surface area contributed by atoms with Crippen LogP contribution in [0.2, 0.25) is 0 Å². The van der Waals surface area contributed by atoms with Crippen LogP contribution in [0.4, 0.5) is 4.39 Å². The molecule has 2 heteroatoms. The third-order valence-electron chi connectivity index (χ3n) is 4.17. The Morgan fingerprint density at radius 3 is 2.68 bits per heavy atom. The van der Waals surface area contributed by atoms with Crippen LogP contribution in [0.25, 0.3) is 0 Å². The van der Waals surface area contributed by atoms with Crippen LogP contribution in [0.15, 0.2) is 18.2 Å². The van der Waals surface area contributed by atoms with Crippen LogP contribution < -0.4 is 5.32 Å². The van der Waals surface area contributed by atoms with E-state index in [4.69, 9.17) is 0 Å². The first kappa shape index (κ1) is 14.5. The largest absolute Gasteiger partial charge is 0.313 e. The standard InChI is InChI=1S/C17H26FN/c1-4-9-17(3,12-19-16-7-8-16)11-14-5-6-15(18)10-13(14)2/h5-6,10,16,19H,4,7-9,11-12H2,1-3H3. The van der Waals surface area contributed by atoms with E-state index in [2.05, 4.69) is 19.2 Å². The Morgan fingerprint density at radius 2 is 2.11 bits per heavy atom. The van der Waals surface area contributed by atoms with Crippen molar-refractivity contribution in [1.82, 2.24) is 5.32 Å². The van der Waals surface area contributed by atoms with Crippen molar-refractivity contribution < 1.29 is 4.39 Å². The predicted molar refractivity (Wildman–Crippen MR) is 78.9 cm³/mol. The van der Waals surface area contributed by atoms with Crippen molar-refractivity contribution in [2.24, 2.45) is 5.41 Å². The van der Waals surface area contributed by atoms with Gasteiger partial charge in [0.1, 0.15) is 5.82 Å². The smallest absolute Gasteiger partial charge is 0.123 e. The topological polar surface area (TPSA) is 12.0 Å². The molecule has 19 heavy (non-hydrogen) atoms. The molecule has 0 saturated heterocycles. The maximum atomic E-state index is 13.2. The molecule has 0 amide bonds. The van der Waals surface area contributed by atoms with Gasteiger partial charge in [0.25, 0.3) is 0 Å². The van der Waals surface area contributed by atoms with E-state index in [1.165, 1.54) is 31.2 Å². The highest BCUT2D eigenvalue weighted by Crippen LogP contribution is 2.30. The minimum absolute atomic E-state index is 0.130. The number of aryl methyl sites for hydroxylation is 1. The Morgan fingerprint density at radius 1 is 1.37 bits per heavy atom. The number of nitrogens with one attached hydrogen (secondary N) is 1. The van der Waals surface area contributed by atoms with E-state index < -0.39 is 0 Å². The van der Waals surface area contributed by atoms with Crippen molar-refractivity contribution in [3.05, 3.63) is 35.1 Å². The van der Waals surface area contributed by atoms with Gasteiger partial charge in [0.05, 0.1) is 0 Å². The molecule has 0 aromatic heterocycles. The van der Waals surface area contributed by atoms with Gasteiger partial charge in [-0.2, -0.15) is 0 Å². The second kappa shape index (κ2) is 6.04. The third-order valence-corrected chi connectivity index (χ3v) is 4.17. The van der Waals surface area contributed by atoms with Crippen molar-refractivity contribution in [2.45, 2.75) is 58.9 Å². The number of halogens is 1.